The number of nitrogens with zero attached hydrogens (tertiary/aromatic N) is 3. The molecule has 4 nitrogen and oxygen atoms in total. The fourth-order valence-corrected chi connectivity index (χ4v) is 6.93. The second kappa shape index (κ2) is 11.9. The molecular formula is C43H31N4+. The van der Waals surface area contributed by atoms with Crippen LogP contribution in [-0.2, 0) is 0 Å². The van der Waals surface area contributed by atoms with Gasteiger partial charge in [-0.25, -0.2) is 0 Å². The molecule has 0 saturated carbocycles. The summed E-state index contributed by atoms with van der Waals surface area (Å²) in [5.41, 5.74) is 17.2. The lowest BCUT2D eigenvalue weighted by molar-refractivity contribution is 1.31. The van der Waals surface area contributed by atoms with Crippen molar-refractivity contribution in [2.24, 2.45) is 5.73 Å². The summed E-state index contributed by atoms with van der Waals surface area (Å²) >= 11 is 0. The average Bonchev–Trinajstić information content (AvgIpc) is 3.62. The molecule has 5 aromatic carbocycles. The highest BCUT2D eigenvalue weighted by molar-refractivity contribution is 6.40. The Hall–Kier alpha value is -6.35. The van der Waals surface area contributed by atoms with Crippen molar-refractivity contribution in [2.75, 3.05) is 0 Å². The number of rotatable bonds is 6. The third-order valence-corrected chi connectivity index (χ3v) is 9.10. The molecule has 4 heteroatoms. The number of aromatic nitrogens is 2. The van der Waals surface area contributed by atoms with E-state index in [0.717, 1.165) is 71.8 Å². The third kappa shape index (κ3) is 4.85. The molecule has 0 aliphatic carbocycles. The Bertz CT molecular complexity index is 2490. The molecule has 0 bridgehead atoms. The predicted octanol–water partition coefficient (Wildman–Crippen LogP) is 9.03. The minimum absolute atomic E-state index is 0.938. The summed E-state index contributed by atoms with van der Waals surface area (Å²) in [4.78, 5) is 8.53. The Labute approximate surface area is 273 Å². The molecule has 2 N–H and O–H groups in total. The van der Waals surface area contributed by atoms with Gasteiger partial charge in [0.05, 0.1) is 11.1 Å². The molecular weight excluding hydrogens is 573 g/mol. The summed E-state index contributed by atoms with van der Waals surface area (Å²) in [5.74, 6) is 0. The SMILES string of the molecule is C/C(=C(\C=C/N)c1c2ccccc2c(C2=CC=[N+]=C2c2ccncc2)c2cc(-c3cccc4ccccc34)ccc12)c1ccncc1. The van der Waals surface area contributed by atoms with E-state index in [2.05, 4.69) is 108 Å². The number of hydrogen-bond acceptors (Lipinski definition) is 3. The molecule has 0 radical (unpaired) electrons. The van der Waals surface area contributed by atoms with E-state index in [0.29, 0.717) is 0 Å². The second-order valence-electron chi connectivity index (χ2n) is 11.7. The van der Waals surface area contributed by atoms with E-state index in [1.54, 1.807) is 6.20 Å². The van der Waals surface area contributed by atoms with Gasteiger partial charge in [0.15, 0.2) is 0 Å². The van der Waals surface area contributed by atoms with Gasteiger partial charge in [-0.1, -0.05) is 83.5 Å². The van der Waals surface area contributed by atoms with Crippen LogP contribution in [0.4, 0.5) is 0 Å². The summed E-state index contributed by atoms with van der Waals surface area (Å²) < 4.78 is 4.88. The van der Waals surface area contributed by atoms with Crippen molar-refractivity contribution in [3.63, 3.8) is 0 Å². The highest BCUT2D eigenvalue weighted by atomic mass is 14.6. The predicted molar refractivity (Wildman–Crippen MR) is 199 cm³/mol. The maximum atomic E-state index is 6.17. The third-order valence-electron chi connectivity index (χ3n) is 9.10. The summed E-state index contributed by atoms with van der Waals surface area (Å²) in [7, 11) is 0. The summed E-state index contributed by atoms with van der Waals surface area (Å²) in [6.07, 6.45) is 15.0. The van der Waals surface area contributed by atoms with Crippen molar-refractivity contribution < 1.29 is 0 Å². The molecule has 8 rings (SSSR count). The summed E-state index contributed by atoms with van der Waals surface area (Å²) in [6.45, 7) is 2.16. The van der Waals surface area contributed by atoms with E-state index in [4.69, 9.17) is 10.4 Å². The lowest BCUT2D eigenvalue weighted by Gasteiger charge is -2.20. The minimum Gasteiger partial charge on any atom is -0.405 e. The van der Waals surface area contributed by atoms with E-state index in [1.165, 1.54) is 16.3 Å². The van der Waals surface area contributed by atoms with Crippen LogP contribution in [0.3, 0.4) is 0 Å². The topological polar surface area (TPSA) is 65.9 Å². The Morgan fingerprint density at radius 1 is 0.660 bits per heavy atom. The van der Waals surface area contributed by atoms with E-state index in [-0.39, 0.29) is 0 Å². The minimum atomic E-state index is 0.938. The summed E-state index contributed by atoms with van der Waals surface area (Å²) in [5, 5.41) is 7.04. The first kappa shape index (κ1) is 28.1. The molecule has 7 aromatic rings. The molecule has 47 heavy (non-hydrogen) atoms. The Morgan fingerprint density at radius 3 is 2.13 bits per heavy atom. The first-order valence-corrected chi connectivity index (χ1v) is 15.7. The fraction of sp³-hybridized carbons (Fsp3) is 0.0233. The van der Waals surface area contributed by atoms with Crippen LogP contribution in [0.25, 0.3) is 60.2 Å². The van der Waals surface area contributed by atoms with Crippen molar-refractivity contribution >= 4 is 61.0 Å². The van der Waals surface area contributed by atoms with Crippen LogP contribution in [0.2, 0.25) is 0 Å². The number of allylic oxidation sites excluding steroid dienone is 5. The average molecular weight is 604 g/mol. The first-order valence-electron chi connectivity index (χ1n) is 15.7. The van der Waals surface area contributed by atoms with E-state index < -0.39 is 0 Å². The smallest absolute Gasteiger partial charge is 0.342 e. The van der Waals surface area contributed by atoms with Crippen LogP contribution < -0.4 is 10.4 Å². The number of benzene rings is 5. The van der Waals surface area contributed by atoms with Crippen molar-refractivity contribution in [3.8, 4) is 11.1 Å². The Morgan fingerprint density at radius 2 is 1.34 bits per heavy atom. The van der Waals surface area contributed by atoms with Gasteiger partial charge in [-0.2, -0.15) is 0 Å². The van der Waals surface area contributed by atoms with E-state index >= 15 is 0 Å². The van der Waals surface area contributed by atoms with Crippen LogP contribution >= 0.6 is 0 Å². The monoisotopic (exact) mass is 603 g/mol. The van der Waals surface area contributed by atoms with E-state index in [1.807, 2.05) is 61.3 Å². The maximum Gasteiger partial charge on any atom is 0.342 e. The van der Waals surface area contributed by atoms with Gasteiger partial charge >= 0.3 is 5.71 Å². The molecule has 0 amide bonds. The molecule has 2 aromatic heterocycles. The molecule has 0 saturated heterocycles. The van der Waals surface area contributed by atoms with Crippen molar-refractivity contribution in [1.29, 1.82) is 0 Å². The Kier molecular flexibility index (Phi) is 7.11. The second-order valence-corrected chi connectivity index (χ2v) is 11.7. The summed E-state index contributed by atoms with van der Waals surface area (Å²) in [6, 6.07) is 38.8. The van der Waals surface area contributed by atoms with Crippen LogP contribution in [0.5, 0.6) is 0 Å². The van der Waals surface area contributed by atoms with Gasteiger partial charge in [-0.3, -0.25) is 9.97 Å². The van der Waals surface area contributed by atoms with Crippen LogP contribution in [0, 0.1) is 0 Å². The number of nitrogens with two attached hydrogens (primary N) is 1. The van der Waals surface area contributed by atoms with Crippen molar-refractivity contribution in [2.45, 2.75) is 6.92 Å². The zero-order valence-corrected chi connectivity index (χ0v) is 25.9. The quantitative estimate of drug-likeness (QED) is 0.117. The molecule has 0 fully saturated rings. The normalized spacial score (nSPS) is 13.4. The van der Waals surface area contributed by atoms with Gasteiger partial charge in [-0.05, 0) is 115 Å². The molecule has 222 valence electrons. The van der Waals surface area contributed by atoms with Crippen LogP contribution in [0.15, 0.2) is 152 Å². The fourth-order valence-electron chi connectivity index (χ4n) is 6.93. The molecule has 0 atom stereocenters. The number of fused-ring (bicyclic) bond motifs is 3. The highest BCUT2D eigenvalue weighted by Crippen LogP contribution is 2.44. The molecule has 3 heterocycles. The number of pyridine rings is 2. The standard InChI is InChI=1S/C43H31N4/c1-28(29-16-22-45-23-17-29)33(15-21-44)41-36-10-4-5-11-37(36)42(39-20-26-47-43(39)31-18-24-46-25-19-31)40-27-32(13-14-38(40)41)35-12-6-8-30-7-2-3-9-34(30)35/h2-27H,44H2,1H3/q+1/b21-15-,33-28-. The lowest BCUT2D eigenvalue weighted by atomic mass is 9.81. The largest absolute Gasteiger partial charge is 0.405 e. The van der Waals surface area contributed by atoms with E-state index in [9.17, 15) is 0 Å². The first-order chi connectivity index (χ1) is 23.2. The molecule has 1 aliphatic heterocycles. The lowest BCUT2D eigenvalue weighted by Crippen LogP contribution is -2.07. The Balaban J connectivity index is 1.50. The molecule has 0 spiro atoms. The number of hydrogen-bond donors (Lipinski definition) is 1. The van der Waals surface area contributed by atoms with Crippen molar-refractivity contribution in [3.05, 3.63) is 175 Å². The van der Waals surface area contributed by atoms with Gasteiger partial charge in [0, 0.05) is 36.4 Å². The van der Waals surface area contributed by atoms with Crippen LogP contribution in [0.1, 0.15) is 29.2 Å². The van der Waals surface area contributed by atoms with Gasteiger partial charge in [0.25, 0.3) is 6.21 Å². The van der Waals surface area contributed by atoms with Gasteiger partial charge in [0.1, 0.15) is 0 Å². The highest BCUT2D eigenvalue weighted by Gasteiger charge is 2.29. The van der Waals surface area contributed by atoms with Gasteiger partial charge < -0.3 is 5.73 Å². The zero-order valence-electron chi connectivity index (χ0n) is 25.9. The van der Waals surface area contributed by atoms with Crippen molar-refractivity contribution in [1.82, 2.24) is 14.6 Å². The van der Waals surface area contributed by atoms with Gasteiger partial charge in [0.2, 0.25) is 0 Å². The molecule has 0 unspecified atom stereocenters. The maximum absolute atomic E-state index is 6.17. The van der Waals surface area contributed by atoms with Crippen LogP contribution in [-0.4, -0.2) is 21.9 Å². The zero-order chi connectivity index (χ0) is 31.7. The van der Waals surface area contributed by atoms with Gasteiger partial charge in [-0.15, -0.1) is 0 Å². The molecule has 1 aliphatic rings.